The van der Waals surface area contributed by atoms with Crippen molar-refractivity contribution in [1.82, 2.24) is 0 Å². The van der Waals surface area contributed by atoms with Gasteiger partial charge in [-0.15, -0.1) is 0 Å². The topological polar surface area (TPSA) is 29.3 Å². The first kappa shape index (κ1) is 12.2. The number of halogens is 1. The Balaban J connectivity index is 1.91. The molecule has 1 aliphatic rings. The Morgan fingerprint density at radius 3 is 2.71 bits per heavy atom. The van der Waals surface area contributed by atoms with Gasteiger partial charge < -0.3 is 10.6 Å². The van der Waals surface area contributed by atoms with Crippen LogP contribution in [0, 0.1) is 11.7 Å². The van der Waals surface area contributed by atoms with Gasteiger partial charge in [-0.25, -0.2) is 4.39 Å². The SMILES string of the molecule is CN(CCC1CCCC1)c1ccc(F)cc1N. The summed E-state index contributed by atoms with van der Waals surface area (Å²) < 4.78 is 12.9. The molecule has 0 atom stereocenters. The van der Waals surface area contributed by atoms with Gasteiger partial charge in [0.25, 0.3) is 0 Å². The number of hydrogen-bond acceptors (Lipinski definition) is 2. The zero-order valence-electron chi connectivity index (χ0n) is 10.5. The zero-order chi connectivity index (χ0) is 12.3. The van der Waals surface area contributed by atoms with E-state index < -0.39 is 0 Å². The van der Waals surface area contributed by atoms with Gasteiger partial charge in [-0.1, -0.05) is 25.7 Å². The minimum Gasteiger partial charge on any atom is -0.397 e. The van der Waals surface area contributed by atoms with Crippen molar-refractivity contribution in [1.29, 1.82) is 0 Å². The fraction of sp³-hybridized carbons (Fsp3) is 0.571. The van der Waals surface area contributed by atoms with Gasteiger partial charge >= 0.3 is 0 Å². The average Bonchev–Trinajstić information content (AvgIpc) is 2.78. The Bertz CT molecular complexity index is 372. The summed E-state index contributed by atoms with van der Waals surface area (Å²) in [7, 11) is 2.03. The van der Waals surface area contributed by atoms with Crippen LogP contribution in [0.15, 0.2) is 18.2 Å². The van der Waals surface area contributed by atoms with E-state index in [2.05, 4.69) is 4.90 Å². The Labute approximate surface area is 103 Å². The molecule has 0 saturated heterocycles. The highest BCUT2D eigenvalue weighted by molar-refractivity contribution is 5.67. The summed E-state index contributed by atoms with van der Waals surface area (Å²) in [6.45, 7) is 1.00. The normalized spacial score (nSPS) is 16.4. The second-order valence-electron chi connectivity index (χ2n) is 5.06. The van der Waals surface area contributed by atoms with Crippen molar-refractivity contribution in [2.75, 3.05) is 24.2 Å². The molecule has 0 bridgehead atoms. The average molecular weight is 236 g/mol. The third kappa shape index (κ3) is 3.11. The number of rotatable bonds is 4. The van der Waals surface area contributed by atoms with Crippen molar-refractivity contribution in [2.45, 2.75) is 32.1 Å². The van der Waals surface area contributed by atoms with E-state index in [1.165, 1.54) is 44.2 Å². The number of anilines is 2. The van der Waals surface area contributed by atoms with Crippen LogP contribution < -0.4 is 10.6 Å². The van der Waals surface area contributed by atoms with Crippen LogP contribution >= 0.6 is 0 Å². The molecule has 0 heterocycles. The van der Waals surface area contributed by atoms with Gasteiger partial charge in [-0.2, -0.15) is 0 Å². The predicted molar refractivity (Wildman–Crippen MR) is 70.7 cm³/mol. The molecular weight excluding hydrogens is 215 g/mol. The largest absolute Gasteiger partial charge is 0.397 e. The molecule has 2 nitrogen and oxygen atoms in total. The molecule has 1 fully saturated rings. The van der Waals surface area contributed by atoms with Gasteiger partial charge in [0.05, 0.1) is 11.4 Å². The smallest absolute Gasteiger partial charge is 0.125 e. The second kappa shape index (κ2) is 5.39. The summed E-state index contributed by atoms with van der Waals surface area (Å²) in [4.78, 5) is 2.13. The molecule has 2 N–H and O–H groups in total. The molecule has 0 aliphatic heterocycles. The monoisotopic (exact) mass is 236 g/mol. The summed E-state index contributed by atoms with van der Waals surface area (Å²) in [6.07, 6.45) is 6.72. The summed E-state index contributed by atoms with van der Waals surface area (Å²) in [5.41, 5.74) is 7.29. The molecule has 0 radical (unpaired) electrons. The Morgan fingerprint density at radius 1 is 1.35 bits per heavy atom. The minimum atomic E-state index is -0.268. The van der Waals surface area contributed by atoms with Crippen LogP contribution in [0.5, 0.6) is 0 Å². The first-order valence-electron chi connectivity index (χ1n) is 6.43. The Kier molecular flexibility index (Phi) is 3.87. The Hall–Kier alpha value is -1.25. The molecule has 1 aromatic rings. The maximum atomic E-state index is 12.9. The molecule has 0 spiro atoms. The van der Waals surface area contributed by atoms with Crippen molar-refractivity contribution in [3.8, 4) is 0 Å². The molecule has 2 rings (SSSR count). The van der Waals surface area contributed by atoms with Crippen molar-refractivity contribution >= 4 is 11.4 Å². The molecule has 0 amide bonds. The van der Waals surface area contributed by atoms with E-state index in [4.69, 9.17) is 5.73 Å². The van der Waals surface area contributed by atoms with Crippen molar-refractivity contribution in [2.24, 2.45) is 5.92 Å². The van der Waals surface area contributed by atoms with Gasteiger partial charge in [-0.05, 0) is 30.5 Å². The highest BCUT2D eigenvalue weighted by atomic mass is 19.1. The van der Waals surface area contributed by atoms with Crippen molar-refractivity contribution < 1.29 is 4.39 Å². The van der Waals surface area contributed by atoms with E-state index >= 15 is 0 Å². The fourth-order valence-corrected chi connectivity index (χ4v) is 2.67. The quantitative estimate of drug-likeness (QED) is 0.812. The van der Waals surface area contributed by atoms with Crippen LogP contribution in [0.4, 0.5) is 15.8 Å². The van der Waals surface area contributed by atoms with Gasteiger partial charge in [0, 0.05) is 13.6 Å². The zero-order valence-corrected chi connectivity index (χ0v) is 10.5. The van der Waals surface area contributed by atoms with Gasteiger partial charge in [0.15, 0.2) is 0 Å². The number of hydrogen-bond donors (Lipinski definition) is 1. The summed E-state index contributed by atoms with van der Waals surface area (Å²) in [5, 5.41) is 0. The van der Waals surface area contributed by atoms with Crippen LogP contribution in [-0.2, 0) is 0 Å². The third-order valence-corrected chi connectivity index (χ3v) is 3.75. The van der Waals surface area contributed by atoms with Crippen LogP contribution in [0.25, 0.3) is 0 Å². The van der Waals surface area contributed by atoms with E-state index in [9.17, 15) is 4.39 Å². The van der Waals surface area contributed by atoms with E-state index in [-0.39, 0.29) is 5.82 Å². The molecule has 94 valence electrons. The summed E-state index contributed by atoms with van der Waals surface area (Å²) in [5.74, 6) is 0.606. The lowest BCUT2D eigenvalue weighted by molar-refractivity contribution is 0.505. The molecule has 1 aromatic carbocycles. The van der Waals surface area contributed by atoms with Gasteiger partial charge in [-0.3, -0.25) is 0 Å². The maximum absolute atomic E-state index is 12.9. The molecular formula is C14H21FN2. The van der Waals surface area contributed by atoms with E-state index in [0.29, 0.717) is 5.69 Å². The van der Waals surface area contributed by atoms with E-state index in [1.54, 1.807) is 6.07 Å². The first-order valence-corrected chi connectivity index (χ1v) is 6.43. The van der Waals surface area contributed by atoms with Crippen LogP contribution in [0.3, 0.4) is 0 Å². The first-order chi connectivity index (χ1) is 8.16. The predicted octanol–water partition coefficient (Wildman–Crippen LogP) is 3.42. The van der Waals surface area contributed by atoms with Crippen molar-refractivity contribution in [3.05, 3.63) is 24.0 Å². The van der Waals surface area contributed by atoms with Crippen molar-refractivity contribution in [3.63, 3.8) is 0 Å². The highest BCUT2D eigenvalue weighted by Crippen LogP contribution is 2.29. The van der Waals surface area contributed by atoms with Gasteiger partial charge in [0.1, 0.15) is 5.82 Å². The second-order valence-corrected chi connectivity index (χ2v) is 5.06. The highest BCUT2D eigenvalue weighted by Gasteiger charge is 2.16. The number of nitrogens with two attached hydrogens (primary N) is 1. The van der Waals surface area contributed by atoms with Crippen LogP contribution in [0.1, 0.15) is 32.1 Å². The molecule has 1 aliphatic carbocycles. The molecule has 0 aromatic heterocycles. The Morgan fingerprint density at radius 2 is 2.06 bits per heavy atom. The molecule has 1 saturated carbocycles. The van der Waals surface area contributed by atoms with Crippen LogP contribution in [0.2, 0.25) is 0 Å². The molecule has 0 unspecified atom stereocenters. The summed E-state index contributed by atoms with van der Waals surface area (Å²) in [6, 6.07) is 4.62. The standard InChI is InChI=1S/C14H21FN2/c1-17(9-8-11-4-2-3-5-11)14-7-6-12(15)10-13(14)16/h6-7,10-11H,2-5,8-9,16H2,1H3. The lowest BCUT2D eigenvalue weighted by atomic mass is 10.0. The van der Waals surface area contributed by atoms with Crippen LogP contribution in [-0.4, -0.2) is 13.6 Å². The maximum Gasteiger partial charge on any atom is 0.125 e. The lowest BCUT2D eigenvalue weighted by Crippen LogP contribution is -2.21. The third-order valence-electron chi connectivity index (χ3n) is 3.75. The minimum absolute atomic E-state index is 0.268. The lowest BCUT2D eigenvalue weighted by Gasteiger charge is -2.22. The van der Waals surface area contributed by atoms with Gasteiger partial charge in [0.2, 0.25) is 0 Å². The number of benzene rings is 1. The van der Waals surface area contributed by atoms with E-state index in [0.717, 1.165) is 18.2 Å². The number of nitrogen functional groups attached to an aromatic ring is 1. The number of nitrogens with zero attached hydrogens (tertiary/aromatic N) is 1. The fourth-order valence-electron chi connectivity index (χ4n) is 2.67. The van der Waals surface area contributed by atoms with E-state index in [1.807, 2.05) is 7.05 Å². The molecule has 3 heteroatoms. The summed E-state index contributed by atoms with van der Waals surface area (Å²) >= 11 is 0. The molecule has 17 heavy (non-hydrogen) atoms.